The highest BCUT2D eigenvalue weighted by molar-refractivity contribution is 5.98. The molecule has 2 rings (SSSR count). The van der Waals surface area contributed by atoms with Gasteiger partial charge >= 0.3 is 0 Å². The fraction of sp³-hybridized carbons (Fsp3) is 0.333. The first-order chi connectivity index (χ1) is 9.11. The summed E-state index contributed by atoms with van der Waals surface area (Å²) < 4.78 is 13.2. The molecular formula is C15H17FN2O. The number of carbonyl (C=O) groups is 1. The monoisotopic (exact) mass is 260 g/mol. The Morgan fingerprint density at radius 2 is 2.16 bits per heavy atom. The Morgan fingerprint density at radius 1 is 1.37 bits per heavy atom. The highest BCUT2D eigenvalue weighted by atomic mass is 19.1. The maximum atomic E-state index is 13.2. The number of benzene rings is 1. The summed E-state index contributed by atoms with van der Waals surface area (Å²) in [6, 6.07) is 6.08. The number of fused-ring (bicyclic) bond motifs is 1. The first-order valence-corrected chi connectivity index (χ1v) is 6.47. The molecule has 3 nitrogen and oxygen atoms in total. The number of rotatable bonds is 4. The second-order valence-corrected chi connectivity index (χ2v) is 4.57. The summed E-state index contributed by atoms with van der Waals surface area (Å²) >= 11 is 0. The van der Waals surface area contributed by atoms with Crippen molar-refractivity contribution >= 4 is 16.8 Å². The van der Waals surface area contributed by atoms with Gasteiger partial charge in [0.05, 0.1) is 16.8 Å². The van der Waals surface area contributed by atoms with Gasteiger partial charge in [-0.2, -0.15) is 0 Å². The maximum Gasteiger partial charge on any atom is 0.253 e. The van der Waals surface area contributed by atoms with Crippen molar-refractivity contribution < 1.29 is 9.18 Å². The van der Waals surface area contributed by atoms with E-state index in [0.29, 0.717) is 28.7 Å². The second kappa shape index (κ2) is 5.78. The lowest BCUT2D eigenvalue weighted by atomic mass is 10.1. The van der Waals surface area contributed by atoms with E-state index in [9.17, 15) is 9.18 Å². The molecule has 0 aliphatic carbocycles. The zero-order chi connectivity index (χ0) is 13.8. The van der Waals surface area contributed by atoms with Crippen molar-refractivity contribution in [2.75, 3.05) is 6.54 Å². The topological polar surface area (TPSA) is 42.0 Å². The highest BCUT2D eigenvalue weighted by Crippen LogP contribution is 2.17. The summed E-state index contributed by atoms with van der Waals surface area (Å²) in [6.45, 7) is 4.51. The Kier molecular flexibility index (Phi) is 4.10. The molecule has 0 bridgehead atoms. The largest absolute Gasteiger partial charge is 0.352 e. The van der Waals surface area contributed by atoms with Gasteiger partial charge in [0.2, 0.25) is 0 Å². The van der Waals surface area contributed by atoms with Crippen LogP contribution in [0.3, 0.4) is 0 Å². The van der Waals surface area contributed by atoms with Crippen LogP contribution in [0.25, 0.3) is 10.9 Å². The smallest absolute Gasteiger partial charge is 0.253 e. The molecule has 0 aliphatic rings. The van der Waals surface area contributed by atoms with E-state index in [2.05, 4.69) is 17.2 Å². The minimum absolute atomic E-state index is 0.149. The van der Waals surface area contributed by atoms with Crippen molar-refractivity contribution in [2.45, 2.75) is 26.7 Å². The Bertz CT molecular complexity index is 610. The van der Waals surface area contributed by atoms with E-state index in [1.54, 1.807) is 19.1 Å². The van der Waals surface area contributed by atoms with Crippen LogP contribution in [0.15, 0.2) is 24.3 Å². The number of amides is 1. The summed E-state index contributed by atoms with van der Waals surface area (Å²) in [5.74, 6) is -0.472. The number of halogens is 1. The molecule has 0 saturated carbocycles. The summed E-state index contributed by atoms with van der Waals surface area (Å²) in [7, 11) is 0. The molecule has 0 atom stereocenters. The van der Waals surface area contributed by atoms with E-state index in [0.717, 1.165) is 12.8 Å². The number of pyridine rings is 1. The quantitative estimate of drug-likeness (QED) is 0.858. The van der Waals surface area contributed by atoms with Gasteiger partial charge in [-0.15, -0.1) is 0 Å². The summed E-state index contributed by atoms with van der Waals surface area (Å²) in [4.78, 5) is 16.4. The average molecular weight is 260 g/mol. The lowest BCUT2D eigenvalue weighted by Gasteiger charge is -2.08. The molecule has 0 radical (unpaired) electrons. The molecule has 0 saturated heterocycles. The molecule has 0 spiro atoms. The Labute approximate surface area is 111 Å². The molecule has 1 aromatic carbocycles. The van der Waals surface area contributed by atoms with Crippen LogP contribution in [0.5, 0.6) is 0 Å². The third-order valence-corrected chi connectivity index (χ3v) is 3.03. The van der Waals surface area contributed by atoms with Crippen LogP contribution in [0.4, 0.5) is 4.39 Å². The lowest BCUT2D eigenvalue weighted by molar-refractivity contribution is 0.0952. The molecule has 19 heavy (non-hydrogen) atoms. The van der Waals surface area contributed by atoms with Crippen molar-refractivity contribution in [3.8, 4) is 0 Å². The molecule has 1 N–H and O–H groups in total. The molecule has 2 aromatic rings. The molecular weight excluding hydrogens is 243 g/mol. The van der Waals surface area contributed by atoms with Crippen LogP contribution < -0.4 is 5.32 Å². The fourth-order valence-electron chi connectivity index (χ4n) is 1.95. The predicted octanol–water partition coefficient (Wildman–Crippen LogP) is 3.21. The van der Waals surface area contributed by atoms with Crippen LogP contribution in [0.2, 0.25) is 0 Å². The van der Waals surface area contributed by atoms with Gasteiger partial charge in [-0.1, -0.05) is 13.3 Å². The number of hydrogen-bond acceptors (Lipinski definition) is 2. The van der Waals surface area contributed by atoms with Crippen molar-refractivity contribution in [3.63, 3.8) is 0 Å². The van der Waals surface area contributed by atoms with E-state index in [-0.39, 0.29) is 11.7 Å². The summed E-state index contributed by atoms with van der Waals surface area (Å²) in [6.07, 6.45) is 1.97. The molecule has 4 heteroatoms. The van der Waals surface area contributed by atoms with Crippen LogP contribution in [-0.2, 0) is 0 Å². The minimum Gasteiger partial charge on any atom is -0.352 e. The SMILES string of the molecule is CCCCNC(=O)c1cc2cc(F)ccc2nc1C. The number of aromatic nitrogens is 1. The van der Waals surface area contributed by atoms with Gasteiger partial charge in [0, 0.05) is 11.9 Å². The minimum atomic E-state index is -0.324. The molecule has 0 unspecified atom stereocenters. The van der Waals surface area contributed by atoms with E-state index in [1.807, 2.05) is 0 Å². The second-order valence-electron chi connectivity index (χ2n) is 4.57. The highest BCUT2D eigenvalue weighted by Gasteiger charge is 2.11. The normalized spacial score (nSPS) is 10.7. The molecule has 1 amide bonds. The predicted molar refractivity (Wildman–Crippen MR) is 73.7 cm³/mol. The number of nitrogens with one attached hydrogen (secondary N) is 1. The summed E-state index contributed by atoms with van der Waals surface area (Å²) in [5.41, 5.74) is 1.87. The average Bonchev–Trinajstić information content (AvgIpc) is 2.38. The zero-order valence-corrected chi connectivity index (χ0v) is 11.2. The van der Waals surface area contributed by atoms with Crippen molar-refractivity contribution in [1.82, 2.24) is 10.3 Å². The van der Waals surface area contributed by atoms with Crippen molar-refractivity contribution in [1.29, 1.82) is 0 Å². The summed E-state index contributed by atoms with van der Waals surface area (Å²) in [5, 5.41) is 3.49. The van der Waals surface area contributed by atoms with Gasteiger partial charge in [-0.25, -0.2) is 4.39 Å². The van der Waals surface area contributed by atoms with Crippen molar-refractivity contribution in [2.24, 2.45) is 0 Å². The van der Waals surface area contributed by atoms with Gasteiger partial charge in [-0.3, -0.25) is 9.78 Å². The van der Waals surface area contributed by atoms with E-state index < -0.39 is 0 Å². The number of unbranched alkanes of at least 4 members (excludes halogenated alkanes) is 1. The van der Waals surface area contributed by atoms with Crippen LogP contribution in [-0.4, -0.2) is 17.4 Å². The molecule has 1 heterocycles. The van der Waals surface area contributed by atoms with Crippen LogP contribution in [0, 0.1) is 12.7 Å². The van der Waals surface area contributed by atoms with E-state index in [1.165, 1.54) is 12.1 Å². The van der Waals surface area contributed by atoms with Gasteiger partial charge in [0.25, 0.3) is 5.91 Å². The number of nitrogens with zero attached hydrogens (tertiary/aromatic N) is 1. The molecule has 1 aromatic heterocycles. The Morgan fingerprint density at radius 3 is 2.89 bits per heavy atom. The third kappa shape index (κ3) is 3.08. The van der Waals surface area contributed by atoms with Gasteiger partial charge in [-0.05, 0) is 37.6 Å². The van der Waals surface area contributed by atoms with Gasteiger partial charge in [0.1, 0.15) is 5.82 Å². The van der Waals surface area contributed by atoms with Gasteiger partial charge < -0.3 is 5.32 Å². The van der Waals surface area contributed by atoms with Crippen LogP contribution >= 0.6 is 0 Å². The lowest BCUT2D eigenvalue weighted by Crippen LogP contribution is -2.25. The number of hydrogen-bond donors (Lipinski definition) is 1. The standard InChI is InChI=1S/C15H17FN2O/c1-3-4-7-17-15(19)13-9-11-8-12(16)5-6-14(11)18-10(13)2/h5-6,8-9H,3-4,7H2,1-2H3,(H,17,19). The van der Waals surface area contributed by atoms with Crippen molar-refractivity contribution in [3.05, 3.63) is 41.3 Å². The molecule has 0 fully saturated rings. The Hall–Kier alpha value is -1.97. The van der Waals surface area contributed by atoms with E-state index in [4.69, 9.17) is 0 Å². The molecule has 0 aliphatic heterocycles. The number of aryl methyl sites for hydroxylation is 1. The Balaban J connectivity index is 2.32. The first kappa shape index (κ1) is 13.5. The van der Waals surface area contributed by atoms with Crippen LogP contribution in [0.1, 0.15) is 35.8 Å². The fourth-order valence-corrected chi connectivity index (χ4v) is 1.95. The zero-order valence-electron chi connectivity index (χ0n) is 11.2. The molecule has 100 valence electrons. The third-order valence-electron chi connectivity index (χ3n) is 3.03. The first-order valence-electron chi connectivity index (χ1n) is 6.47. The van der Waals surface area contributed by atoms with Gasteiger partial charge in [0.15, 0.2) is 0 Å². The number of carbonyl (C=O) groups excluding carboxylic acids is 1. The maximum absolute atomic E-state index is 13.2. The van der Waals surface area contributed by atoms with E-state index >= 15 is 0 Å².